The molecule has 2 aromatic rings. The fourth-order valence-corrected chi connectivity index (χ4v) is 3.43. The van der Waals surface area contributed by atoms with Crippen molar-refractivity contribution >= 4 is 41.5 Å². The van der Waals surface area contributed by atoms with E-state index in [1.165, 1.54) is 5.56 Å². The SMILES string of the molecule is CN=C(NCCc1ccco1)NCC(c1cccc(Cl)c1)N1CCOCC1.I. The highest BCUT2D eigenvalue weighted by molar-refractivity contribution is 14.0. The van der Waals surface area contributed by atoms with E-state index in [2.05, 4.69) is 26.6 Å². The van der Waals surface area contributed by atoms with E-state index in [1.54, 1.807) is 13.3 Å². The van der Waals surface area contributed by atoms with Crippen LogP contribution in [0.4, 0.5) is 0 Å². The molecule has 1 unspecified atom stereocenters. The van der Waals surface area contributed by atoms with Crippen LogP contribution in [-0.2, 0) is 11.2 Å². The summed E-state index contributed by atoms with van der Waals surface area (Å²) in [7, 11) is 1.78. The molecule has 0 bridgehead atoms. The number of nitrogens with one attached hydrogen (secondary N) is 2. The van der Waals surface area contributed by atoms with Gasteiger partial charge in [-0.15, -0.1) is 24.0 Å². The largest absolute Gasteiger partial charge is 0.469 e. The van der Waals surface area contributed by atoms with Crippen LogP contribution in [0.3, 0.4) is 0 Å². The van der Waals surface area contributed by atoms with Gasteiger partial charge in [-0.1, -0.05) is 23.7 Å². The molecule has 1 aromatic heterocycles. The summed E-state index contributed by atoms with van der Waals surface area (Å²) in [6, 6.07) is 12.2. The summed E-state index contributed by atoms with van der Waals surface area (Å²) < 4.78 is 10.9. The molecule has 0 saturated carbocycles. The Labute approximate surface area is 188 Å². The molecule has 28 heavy (non-hydrogen) atoms. The number of hydrogen-bond donors (Lipinski definition) is 2. The van der Waals surface area contributed by atoms with Gasteiger partial charge in [0.2, 0.25) is 0 Å². The van der Waals surface area contributed by atoms with Gasteiger partial charge in [0.25, 0.3) is 0 Å². The summed E-state index contributed by atoms with van der Waals surface area (Å²) in [4.78, 5) is 6.76. The van der Waals surface area contributed by atoms with Gasteiger partial charge >= 0.3 is 0 Å². The highest BCUT2D eigenvalue weighted by Gasteiger charge is 2.23. The summed E-state index contributed by atoms with van der Waals surface area (Å²) >= 11 is 6.23. The van der Waals surface area contributed by atoms with Crippen LogP contribution in [0.5, 0.6) is 0 Å². The Morgan fingerprint density at radius 1 is 1.21 bits per heavy atom. The number of aliphatic imine (C=N–C) groups is 1. The van der Waals surface area contributed by atoms with Crippen molar-refractivity contribution in [3.05, 3.63) is 59.0 Å². The lowest BCUT2D eigenvalue weighted by molar-refractivity contribution is 0.0170. The molecule has 2 N–H and O–H groups in total. The normalized spacial score (nSPS) is 16.3. The summed E-state index contributed by atoms with van der Waals surface area (Å²) in [5, 5.41) is 7.54. The predicted molar refractivity (Wildman–Crippen MR) is 124 cm³/mol. The number of nitrogens with zero attached hydrogens (tertiary/aromatic N) is 2. The second-order valence-electron chi connectivity index (χ2n) is 6.43. The Kier molecular flexibility index (Phi) is 10.1. The smallest absolute Gasteiger partial charge is 0.191 e. The average Bonchev–Trinajstić information content (AvgIpc) is 3.21. The molecule has 6 nitrogen and oxygen atoms in total. The van der Waals surface area contributed by atoms with Gasteiger partial charge in [0.15, 0.2) is 5.96 Å². The van der Waals surface area contributed by atoms with E-state index in [0.29, 0.717) is 0 Å². The molecule has 154 valence electrons. The van der Waals surface area contributed by atoms with Crippen molar-refractivity contribution in [3.63, 3.8) is 0 Å². The molecule has 0 amide bonds. The van der Waals surface area contributed by atoms with Crippen molar-refractivity contribution in [3.8, 4) is 0 Å². The van der Waals surface area contributed by atoms with Crippen molar-refractivity contribution in [1.82, 2.24) is 15.5 Å². The maximum Gasteiger partial charge on any atom is 0.191 e. The Morgan fingerprint density at radius 3 is 2.71 bits per heavy atom. The third kappa shape index (κ3) is 6.95. The Hall–Kier alpha value is -1.29. The van der Waals surface area contributed by atoms with Crippen LogP contribution in [0.1, 0.15) is 17.4 Å². The third-order valence-electron chi connectivity index (χ3n) is 4.65. The van der Waals surface area contributed by atoms with Gasteiger partial charge in [-0.2, -0.15) is 0 Å². The zero-order valence-corrected chi connectivity index (χ0v) is 19.2. The first-order valence-electron chi connectivity index (χ1n) is 9.30. The summed E-state index contributed by atoms with van der Waals surface area (Å²) in [5.74, 6) is 1.74. The topological polar surface area (TPSA) is 62.0 Å². The molecule has 3 rings (SSSR count). The first-order valence-corrected chi connectivity index (χ1v) is 9.68. The lowest BCUT2D eigenvalue weighted by atomic mass is 10.0. The van der Waals surface area contributed by atoms with Crippen molar-refractivity contribution in [2.45, 2.75) is 12.5 Å². The van der Waals surface area contributed by atoms with Crippen LogP contribution in [-0.4, -0.2) is 57.3 Å². The van der Waals surface area contributed by atoms with Crippen LogP contribution in [0.25, 0.3) is 0 Å². The van der Waals surface area contributed by atoms with Crippen molar-refractivity contribution in [1.29, 1.82) is 0 Å². The fraction of sp³-hybridized carbons (Fsp3) is 0.450. The standard InChI is InChI=1S/C20H27ClN4O2.HI/c1-22-20(23-8-7-18-6-3-11-27-18)24-15-19(25-9-12-26-13-10-25)16-4-2-5-17(21)14-16;/h2-6,11,14,19H,7-10,12-13,15H2,1H3,(H2,22,23,24);1H. The minimum atomic E-state index is 0. The van der Waals surface area contributed by atoms with Gasteiger partial charge in [-0.05, 0) is 29.8 Å². The molecule has 1 aliphatic heterocycles. The van der Waals surface area contributed by atoms with Gasteiger partial charge in [0.1, 0.15) is 5.76 Å². The number of guanidine groups is 1. The van der Waals surface area contributed by atoms with E-state index in [-0.39, 0.29) is 30.0 Å². The second kappa shape index (κ2) is 12.3. The average molecular weight is 519 g/mol. The maximum absolute atomic E-state index is 6.23. The lowest BCUT2D eigenvalue weighted by Crippen LogP contribution is -2.46. The predicted octanol–water partition coefficient (Wildman–Crippen LogP) is 3.33. The highest BCUT2D eigenvalue weighted by atomic mass is 127. The molecular weight excluding hydrogens is 491 g/mol. The minimum Gasteiger partial charge on any atom is -0.469 e. The van der Waals surface area contributed by atoms with Gasteiger partial charge in [-0.3, -0.25) is 9.89 Å². The van der Waals surface area contributed by atoms with E-state index in [9.17, 15) is 0 Å². The van der Waals surface area contributed by atoms with Crippen molar-refractivity contribution in [2.24, 2.45) is 4.99 Å². The maximum atomic E-state index is 6.23. The zero-order valence-electron chi connectivity index (χ0n) is 16.1. The molecular formula is C20H28ClIN4O2. The minimum absolute atomic E-state index is 0. The van der Waals surface area contributed by atoms with Gasteiger partial charge in [0, 0.05) is 44.7 Å². The first-order chi connectivity index (χ1) is 13.3. The monoisotopic (exact) mass is 518 g/mol. The molecule has 1 aromatic carbocycles. The van der Waals surface area contributed by atoms with Crippen LogP contribution in [0.15, 0.2) is 52.1 Å². The van der Waals surface area contributed by atoms with E-state index in [1.807, 2.05) is 30.3 Å². The van der Waals surface area contributed by atoms with Crippen LogP contribution >= 0.6 is 35.6 Å². The molecule has 0 radical (unpaired) electrons. The second-order valence-corrected chi connectivity index (χ2v) is 6.86. The Balaban J connectivity index is 0.00000280. The molecule has 8 heteroatoms. The quantitative estimate of drug-likeness (QED) is 0.335. The van der Waals surface area contributed by atoms with E-state index in [4.69, 9.17) is 20.8 Å². The zero-order chi connectivity index (χ0) is 18.9. The molecule has 1 fully saturated rings. The Bertz CT molecular complexity index is 721. The molecule has 2 heterocycles. The van der Waals surface area contributed by atoms with E-state index >= 15 is 0 Å². The van der Waals surface area contributed by atoms with E-state index in [0.717, 1.165) is 62.6 Å². The van der Waals surface area contributed by atoms with Crippen LogP contribution in [0, 0.1) is 0 Å². The summed E-state index contributed by atoms with van der Waals surface area (Å²) in [6.45, 7) is 4.82. The number of rotatable bonds is 7. The molecule has 1 saturated heterocycles. The van der Waals surface area contributed by atoms with Gasteiger partial charge < -0.3 is 19.8 Å². The molecule has 1 atom stereocenters. The summed E-state index contributed by atoms with van der Waals surface area (Å²) in [5.41, 5.74) is 1.20. The molecule has 0 spiro atoms. The number of benzene rings is 1. The van der Waals surface area contributed by atoms with Gasteiger partial charge in [-0.25, -0.2) is 0 Å². The Morgan fingerprint density at radius 2 is 2.04 bits per heavy atom. The lowest BCUT2D eigenvalue weighted by Gasteiger charge is -2.35. The number of ether oxygens (including phenoxy) is 1. The number of morpholine rings is 1. The number of halogens is 2. The molecule has 1 aliphatic rings. The summed E-state index contributed by atoms with van der Waals surface area (Å²) in [6.07, 6.45) is 2.51. The number of hydrogen-bond acceptors (Lipinski definition) is 4. The third-order valence-corrected chi connectivity index (χ3v) is 4.89. The van der Waals surface area contributed by atoms with Crippen molar-refractivity contribution in [2.75, 3.05) is 46.4 Å². The van der Waals surface area contributed by atoms with Crippen LogP contribution in [0.2, 0.25) is 5.02 Å². The van der Waals surface area contributed by atoms with Gasteiger partial charge in [0.05, 0.1) is 25.5 Å². The van der Waals surface area contributed by atoms with Crippen LogP contribution < -0.4 is 10.6 Å². The van der Waals surface area contributed by atoms with E-state index < -0.39 is 0 Å². The molecule has 0 aliphatic carbocycles. The van der Waals surface area contributed by atoms with Crippen molar-refractivity contribution < 1.29 is 9.15 Å². The number of furan rings is 1. The first kappa shape index (κ1) is 23.0. The highest BCUT2D eigenvalue weighted by Crippen LogP contribution is 2.23. The fourth-order valence-electron chi connectivity index (χ4n) is 3.23.